The van der Waals surface area contributed by atoms with E-state index in [1.54, 1.807) is 0 Å². The maximum absolute atomic E-state index is 4.80. The lowest BCUT2D eigenvalue weighted by atomic mass is 10.1. The van der Waals surface area contributed by atoms with Crippen molar-refractivity contribution in [1.82, 2.24) is 19.4 Å². The zero-order valence-corrected chi connectivity index (χ0v) is 12.3. The molecule has 3 rings (SSSR count). The Balaban J connectivity index is 1.61. The van der Waals surface area contributed by atoms with Gasteiger partial charge in [-0.15, -0.1) is 0 Å². The first kappa shape index (κ1) is 13.1. The number of hydrogen-bond donors (Lipinski definition) is 0. The van der Waals surface area contributed by atoms with E-state index in [1.165, 1.54) is 50.3 Å². The van der Waals surface area contributed by atoms with E-state index in [-0.39, 0.29) is 0 Å². The van der Waals surface area contributed by atoms with E-state index >= 15 is 0 Å². The first-order chi connectivity index (χ1) is 9.20. The summed E-state index contributed by atoms with van der Waals surface area (Å²) in [6.07, 6.45) is 8.01. The summed E-state index contributed by atoms with van der Waals surface area (Å²) in [5.41, 5.74) is 1.21. The number of aromatic nitrogens is 2. The van der Waals surface area contributed by atoms with Crippen molar-refractivity contribution in [2.45, 2.75) is 45.3 Å². The van der Waals surface area contributed by atoms with E-state index in [1.807, 2.05) is 0 Å². The van der Waals surface area contributed by atoms with Gasteiger partial charge in [-0.25, -0.2) is 4.98 Å². The van der Waals surface area contributed by atoms with E-state index in [4.69, 9.17) is 4.98 Å². The summed E-state index contributed by atoms with van der Waals surface area (Å²) < 4.78 is 2.35. The van der Waals surface area contributed by atoms with Gasteiger partial charge in [0.1, 0.15) is 5.82 Å². The Morgan fingerprint density at radius 3 is 2.79 bits per heavy atom. The molecule has 1 saturated carbocycles. The molecule has 0 N–H and O–H groups in total. The Morgan fingerprint density at radius 2 is 2.05 bits per heavy atom. The molecule has 4 heteroatoms. The van der Waals surface area contributed by atoms with Crippen LogP contribution < -0.4 is 0 Å². The second-order valence-electron chi connectivity index (χ2n) is 6.47. The van der Waals surface area contributed by atoms with Crippen LogP contribution in [0, 0.1) is 5.92 Å². The third-order valence-corrected chi connectivity index (χ3v) is 4.40. The van der Waals surface area contributed by atoms with Crippen LogP contribution in [0.2, 0.25) is 0 Å². The molecule has 0 atom stereocenters. The van der Waals surface area contributed by atoms with Crippen molar-refractivity contribution in [1.29, 1.82) is 0 Å². The standard InChI is InChI=1S/C15H26N4/c1-17(2)10-14-11-19-8-7-18(12-15(19)16-14)9-13-5-3-4-6-13/h11,13H,3-10,12H2,1-2H3. The van der Waals surface area contributed by atoms with Gasteiger partial charge in [-0.05, 0) is 32.9 Å². The van der Waals surface area contributed by atoms with Crippen LogP contribution in [-0.4, -0.2) is 46.5 Å². The number of rotatable bonds is 4. The zero-order chi connectivity index (χ0) is 13.2. The van der Waals surface area contributed by atoms with Crippen LogP contribution in [0.4, 0.5) is 0 Å². The minimum atomic E-state index is 0.947. The van der Waals surface area contributed by atoms with Crippen LogP contribution in [0.15, 0.2) is 6.20 Å². The van der Waals surface area contributed by atoms with Crippen molar-refractivity contribution < 1.29 is 0 Å². The fourth-order valence-electron chi connectivity index (χ4n) is 3.48. The summed E-state index contributed by atoms with van der Waals surface area (Å²) >= 11 is 0. The topological polar surface area (TPSA) is 24.3 Å². The highest BCUT2D eigenvalue weighted by Crippen LogP contribution is 2.26. The van der Waals surface area contributed by atoms with E-state index in [0.29, 0.717) is 0 Å². The molecule has 1 aliphatic carbocycles. The molecule has 1 aliphatic heterocycles. The number of nitrogens with zero attached hydrogens (tertiary/aromatic N) is 4. The fourth-order valence-corrected chi connectivity index (χ4v) is 3.48. The molecular weight excluding hydrogens is 236 g/mol. The summed E-state index contributed by atoms with van der Waals surface area (Å²) in [6.45, 7) is 5.59. The molecule has 0 spiro atoms. The SMILES string of the molecule is CN(C)Cc1cn2c(n1)CN(CC1CCCC1)CC2. The zero-order valence-electron chi connectivity index (χ0n) is 12.3. The number of fused-ring (bicyclic) bond motifs is 1. The third-order valence-electron chi connectivity index (χ3n) is 4.40. The van der Waals surface area contributed by atoms with Crippen LogP contribution in [-0.2, 0) is 19.6 Å². The number of imidazole rings is 1. The van der Waals surface area contributed by atoms with Gasteiger partial charge in [0.05, 0.1) is 12.2 Å². The van der Waals surface area contributed by atoms with E-state index in [0.717, 1.165) is 25.6 Å². The first-order valence-electron chi connectivity index (χ1n) is 7.63. The highest BCUT2D eigenvalue weighted by molar-refractivity contribution is 5.06. The maximum Gasteiger partial charge on any atom is 0.123 e. The van der Waals surface area contributed by atoms with E-state index < -0.39 is 0 Å². The normalized spacial score (nSPS) is 21.2. The molecule has 0 bridgehead atoms. The molecule has 2 heterocycles. The summed E-state index contributed by atoms with van der Waals surface area (Å²) in [6, 6.07) is 0. The molecule has 0 saturated heterocycles. The molecule has 0 aromatic carbocycles. The van der Waals surface area contributed by atoms with Gasteiger partial charge < -0.3 is 9.47 Å². The van der Waals surface area contributed by atoms with Crippen molar-refractivity contribution in [2.24, 2.45) is 5.92 Å². The summed E-state index contributed by atoms with van der Waals surface area (Å²) in [5.74, 6) is 2.21. The molecule has 1 aromatic heterocycles. The average Bonchev–Trinajstić information content (AvgIpc) is 2.96. The van der Waals surface area contributed by atoms with Gasteiger partial charge in [-0.2, -0.15) is 0 Å². The predicted octanol–water partition coefficient (Wildman–Crippen LogP) is 1.95. The highest BCUT2D eigenvalue weighted by Gasteiger charge is 2.23. The molecule has 19 heavy (non-hydrogen) atoms. The Kier molecular flexibility index (Phi) is 3.89. The molecule has 2 aliphatic rings. The van der Waals surface area contributed by atoms with Gasteiger partial charge in [0.2, 0.25) is 0 Å². The summed E-state index contributed by atoms with van der Waals surface area (Å²) in [5, 5.41) is 0. The Morgan fingerprint density at radius 1 is 1.26 bits per heavy atom. The largest absolute Gasteiger partial charge is 0.332 e. The van der Waals surface area contributed by atoms with Gasteiger partial charge in [0, 0.05) is 32.4 Å². The molecular formula is C15H26N4. The van der Waals surface area contributed by atoms with Crippen molar-refractivity contribution in [3.63, 3.8) is 0 Å². The van der Waals surface area contributed by atoms with Crippen molar-refractivity contribution in [3.05, 3.63) is 17.7 Å². The highest BCUT2D eigenvalue weighted by atomic mass is 15.2. The Hall–Kier alpha value is -0.870. The van der Waals surface area contributed by atoms with Crippen molar-refractivity contribution in [2.75, 3.05) is 27.2 Å². The van der Waals surface area contributed by atoms with Crippen LogP contribution in [0.3, 0.4) is 0 Å². The Bertz CT molecular complexity index is 418. The minimum Gasteiger partial charge on any atom is -0.332 e. The van der Waals surface area contributed by atoms with Crippen molar-refractivity contribution in [3.8, 4) is 0 Å². The maximum atomic E-state index is 4.80. The molecule has 1 fully saturated rings. The predicted molar refractivity (Wildman–Crippen MR) is 76.9 cm³/mol. The fraction of sp³-hybridized carbons (Fsp3) is 0.800. The monoisotopic (exact) mass is 262 g/mol. The molecule has 0 unspecified atom stereocenters. The minimum absolute atomic E-state index is 0.947. The molecule has 0 amide bonds. The van der Waals surface area contributed by atoms with Crippen molar-refractivity contribution >= 4 is 0 Å². The molecule has 1 aromatic rings. The Labute approximate surface area is 116 Å². The van der Waals surface area contributed by atoms with Crippen LogP contribution in [0.25, 0.3) is 0 Å². The lowest BCUT2D eigenvalue weighted by molar-refractivity contribution is 0.186. The smallest absolute Gasteiger partial charge is 0.123 e. The van der Waals surface area contributed by atoms with Crippen LogP contribution in [0.5, 0.6) is 0 Å². The van der Waals surface area contributed by atoms with Gasteiger partial charge in [-0.3, -0.25) is 4.90 Å². The molecule has 4 nitrogen and oxygen atoms in total. The number of hydrogen-bond acceptors (Lipinski definition) is 3. The summed E-state index contributed by atoms with van der Waals surface area (Å²) in [4.78, 5) is 9.59. The average molecular weight is 262 g/mol. The van der Waals surface area contributed by atoms with Gasteiger partial charge in [0.15, 0.2) is 0 Å². The first-order valence-corrected chi connectivity index (χ1v) is 7.63. The van der Waals surface area contributed by atoms with E-state index in [9.17, 15) is 0 Å². The molecule has 106 valence electrons. The van der Waals surface area contributed by atoms with Gasteiger partial charge >= 0.3 is 0 Å². The lowest BCUT2D eigenvalue weighted by Gasteiger charge is -2.29. The lowest BCUT2D eigenvalue weighted by Crippen LogP contribution is -2.36. The third kappa shape index (κ3) is 3.18. The van der Waals surface area contributed by atoms with Crippen LogP contribution >= 0.6 is 0 Å². The van der Waals surface area contributed by atoms with Gasteiger partial charge in [-0.1, -0.05) is 12.8 Å². The quantitative estimate of drug-likeness (QED) is 0.829. The second kappa shape index (κ2) is 5.63. The van der Waals surface area contributed by atoms with E-state index in [2.05, 4.69) is 34.7 Å². The second-order valence-corrected chi connectivity index (χ2v) is 6.47. The van der Waals surface area contributed by atoms with Gasteiger partial charge in [0.25, 0.3) is 0 Å². The summed E-state index contributed by atoms with van der Waals surface area (Å²) in [7, 11) is 4.20. The van der Waals surface area contributed by atoms with Crippen LogP contribution in [0.1, 0.15) is 37.2 Å². The molecule has 0 radical (unpaired) electrons.